The number of piperidine rings is 1. The van der Waals surface area contributed by atoms with Gasteiger partial charge in [0.2, 0.25) is 5.91 Å². The second kappa shape index (κ2) is 9.53. The number of hydrogen-bond acceptors (Lipinski definition) is 4. The normalized spacial score (nSPS) is 25.7. The number of nitrogens with zero attached hydrogens (tertiary/aromatic N) is 3. The largest absolute Gasteiger partial charge is 0.391 e. The van der Waals surface area contributed by atoms with Crippen LogP contribution in [-0.4, -0.2) is 83.2 Å². The monoisotopic (exact) mass is 466 g/mol. The van der Waals surface area contributed by atoms with Crippen molar-refractivity contribution in [2.45, 2.75) is 51.2 Å². The molecule has 32 heavy (non-hydrogen) atoms. The number of amides is 3. The molecule has 1 aromatic carbocycles. The Morgan fingerprint density at radius 2 is 2.03 bits per heavy atom. The molecule has 2 atom stereocenters. The van der Waals surface area contributed by atoms with Gasteiger partial charge in [-0.05, 0) is 63.2 Å². The van der Waals surface area contributed by atoms with E-state index in [0.717, 1.165) is 45.3 Å². The lowest BCUT2D eigenvalue weighted by molar-refractivity contribution is -0.130. The third kappa shape index (κ3) is 5.02. The second-order valence-electron chi connectivity index (χ2n) is 9.45. The van der Waals surface area contributed by atoms with E-state index in [4.69, 9.17) is 11.6 Å². The highest BCUT2D eigenvalue weighted by Gasteiger charge is 2.51. The molecule has 9 heteroatoms. The number of nitrogens with one attached hydrogen (secondary N) is 1. The number of aliphatic hydroxyl groups excluding tert-OH is 1. The molecule has 0 unspecified atom stereocenters. The summed E-state index contributed by atoms with van der Waals surface area (Å²) in [7, 11) is 0. The van der Waals surface area contributed by atoms with Gasteiger partial charge in [-0.15, -0.1) is 0 Å². The summed E-state index contributed by atoms with van der Waals surface area (Å²) in [5.74, 6) is -0.644. The van der Waals surface area contributed by atoms with Crippen LogP contribution in [0, 0.1) is 11.2 Å². The van der Waals surface area contributed by atoms with E-state index in [0.29, 0.717) is 13.1 Å². The van der Waals surface area contributed by atoms with Gasteiger partial charge in [0.1, 0.15) is 0 Å². The number of anilines is 1. The van der Waals surface area contributed by atoms with Crippen molar-refractivity contribution in [3.63, 3.8) is 0 Å². The Balaban J connectivity index is 1.27. The molecule has 0 bridgehead atoms. The number of aliphatic hydroxyl groups is 1. The van der Waals surface area contributed by atoms with Crippen molar-refractivity contribution >= 4 is 29.2 Å². The number of halogens is 2. The van der Waals surface area contributed by atoms with Crippen molar-refractivity contribution < 1.29 is 19.1 Å². The van der Waals surface area contributed by atoms with Crippen LogP contribution in [0.5, 0.6) is 0 Å². The topological polar surface area (TPSA) is 76.1 Å². The molecule has 0 aromatic heterocycles. The minimum absolute atomic E-state index is 0.0247. The lowest BCUT2D eigenvalue weighted by Crippen LogP contribution is -2.46. The average Bonchev–Trinajstić information content (AvgIpc) is 3.55. The summed E-state index contributed by atoms with van der Waals surface area (Å²) >= 11 is 5.80. The minimum Gasteiger partial charge on any atom is -0.391 e. The highest BCUT2D eigenvalue weighted by atomic mass is 35.5. The number of carbonyl (C=O) groups is 2. The van der Waals surface area contributed by atoms with Crippen LogP contribution in [0.4, 0.5) is 14.9 Å². The van der Waals surface area contributed by atoms with Gasteiger partial charge < -0.3 is 25.1 Å². The zero-order chi connectivity index (χ0) is 22.9. The van der Waals surface area contributed by atoms with Gasteiger partial charge in [-0.1, -0.05) is 17.7 Å². The summed E-state index contributed by atoms with van der Waals surface area (Å²) in [6.07, 6.45) is 4.20. The Bertz CT molecular complexity index is 866. The lowest BCUT2D eigenvalue weighted by atomic mass is 9.90. The molecule has 2 N–H and O–H groups in total. The summed E-state index contributed by atoms with van der Waals surface area (Å²) in [5, 5.41) is 12.9. The number of β-amino-alcohol motifs (C(OH)–C–C–N with tert-alkyl or cyclic N) is 1. The van der Waals surface area contributed by atoms with Crippen LogP contribution < -0.4 is 5.32 Å². The SMILES string of the molecule is C[C@@H]1CN(CCCN2CCC3(CC3)[C@H](O)C2)C(=O)CCN1C(=O)Nc1cccc(Cl)c1F. The molecule has 1 aromatic rings. The van der Waals surface area contributed by atoms with Crippen LogP contribution in [0.3, 0.4) is 0 Å². The van der Waals surface area contributed by atoms with Gasteiger partial charge in [0, 0.05) is 38.6 Å². The molecular formula is C23H32ClFN4O3. The summed E-state index contributed by atoms with van der Waals surface area (Å²) in [5.41, 5.74) is 0.226. The Morgan fingerprint density at radius 1 is 1.25 bits per heavy atom. The molecule has 3 fully saturated rings. The molecular weight excluding hydrogens is 435 g/mol. The maximum absolute atomic E-state index is 14.1. The lowest BCUT2D eigenvalue weighted by Gasteiger charge is -2.36. The second-order valence-corrected chi connectivity index (χ2v) is 9.85. The molecule has 1 saturated carbocycles. The van der Waals surface area contributed by atoms with Crippen LogP contribution in [-0.2, 0) is 4.79 Å². The Labute approximate surface area is 193 Å². The molecule has 2 saturated heterocycles. The number of hydrogen-bond donors (Lipinski definition) is 2. The highest BCUT2D eigenvalue weighted by molar-refractivity contribution is 6.31. The average molecular weight is 467 g/mol. The summed E-state index contributed by atoms with van der Waals surface area (Å²) in [6.45, 7) is 5.83. The predicted octanol–water partition coefficient (Wildman–Crippen LogP) is 3.17. The van der Waals surface area contributed by atoms with Crippen molar-refractivity contribution in [2.75, 3.05) is 44.6 Å². The predicted molar refractivity (Wildman–Crippen MR) is 121 cm³/mol. The maximum atomic E-state index is 14.1. The Hall–Kier alpha value is -1.90. The van der Waals surface area contributed by atoms with Crippen LogP contribution in [0.1, 0.15) is 39.0 Å². The number of urea groups is 1. The van der Waals surface area contributed by atoms with E-state index in [2.05, 4.69) is 10.2 Å². The molecule has 3 aliphatic rings. The van der Waals surface area contributed by atoms with Gasteiger partial charge >= 0.3 is 6.03 Å². The quantitative estimate of drug-likeness (QED) is 0.698. The molecule has 176 valence electrons. The fourth-order valence-corrected chi connectivity index (χ4v) is 5.10. The summed E-state index contributed by atoms with van der Waals surface area (Å²) in [4.78, 5) is 31.1. The summed E-state index contributed by atoms with van der Waals surface area (Å²) < 4.78 is 14.1. The van der Waals surface area contributed by atoms with Crippen molar-refractivity contribution in [2.24, 2.45) is 5.41 Å². The van der Waals surface area contributed by atoms with E-state index < -0.39 is 11.8 Å². The molecule has 1 aliphatic carbocycles. The van der Waals surface area contributed by atoms with Crippen LogP contribution >= 0.6 is 11.6 Å². The Kier molecular flexibility index (Phi) is 6.93. The van der Waals surface area contributed by atoms with E-state index in [9.17, 15) is 19.1 Å². The van der Waals surface area contributed by atoms with E-state index in [1.807, 2.05) is 11.8 Å². The highest BCUT2D eigenvalue weighted by Crippen LogP contribution is 2.53. The first-order valence-corrected chi connectivity index (χ1v) is 11.9. The first-order valence-electron chi connectivity index (χ1n) is 11.5. The number of carbonyl (C=O) groups excluding carboxylic acids is 2. The first-order chi connectivity index (χ1) is 15.3. The van der Waals surface area contributed by atoms with E-state index in [-0.39, 0.29) is 47.1 Å². The smallest absolute Gasteiger partial charge is 0.322 e. The van der Waals surface area contributed by atoms with Crippen molar-refractivity contribution in [3.05, 3.63) is 29.0 Å². The standard InChI is InChI=1S/C23H32ClFN4O3/c1-16-14-28(11-3-10-27-13-9-23(7-8-23)19(30)15-27)20(31)6-12-29(16)22(32)26-18-5-2-4-17(24)21(18)25/h2,4-5,16,19,30H,3,6-15H2,1H3,(H,26,32)/t16-,19-/m1/s1. The molecule has 1 spiro atoms. The number of likely N-dealkylation sites (tertiary alicyclic amines) is 1. The molecule has 3 amide bonds. The zero-order valence-corrected chi connectivity index (χ0v) is 19.3. The third-order valence-electron chi connectivity index (χ3n) is 7.25. The van der Waals surface area contributed by atoms with Gasteiger partial charge in [-0.2, -0.15) is 0 Å². The molecule has 4 rings (SSSR count). The minimum atomic E-state index is -0.668. The van der Waals surface area contributed by atoms with Crippen molar-refractivity contribution in [1.82, 2.24) is 14.7 Å². The molecule has 2 heterocycles. The van der Waals surface area contributed by atoms with Crippen molar-refractivity contribution in [1.29, 1.82) is 0 Å². The molecule has 0 radical (unpaired) electrons. The number of rotatable bonds is 5. The fourth-order valence-electron chi connectivity index (χ4n) is 4.93. The zero-order valence-electron chi connectivity index (χ0n) is 18.5. The van der Waals surface area contributed by atoms with Crippen LogP contribution in [0.15, 0.2) is 18.2 Å². The van der Waals surface area contributed by atoms with Gasteiger partial charge in [0.25, 0.3) is 0 Å². The first kappa shape index (κ1) is 23.3. The fraction of sp³-hybridized carbons (Fsp3) is 0.652. The van der Waals surface area contributed by atoms with E-state index in [1.165, 1.54) is 12.1 Å². The van der Waals surface area contributed by atoms with Gasteiger partial charge in [0.05, 0.1) is 16.8 Å². The van der Waals surface area contributed by atoms with E-state index in [1.54, 1.807) is 11.0 Å². The van der Waals surface area contributed by atoms with Gasteiger partial charge in [-0.3, -0.25) is 4.79 Å². The Morgan fingerprint density at radius 3 is 2.75 bits per heavy atom. The summed E-state index contributed by atoms with van der Waals surface area (Å²) in [6, 6.07) is 3.82. The third-order valence-corrected chi connectivity index (χ3v) is 7.54. The molecule has 2 aliphatic heterocycles. The van der Waals surface area contributed by atoms with E-state index >= 15 is 0 Å². The molecule has 7 nitrogen and oxygen atoms in total. The number of benzene rings is 1. The maximum Gasteiger partial charge on any atom is 0.322 e. The van der Waals surface area contributed by atoms with Crippen LogP contribution in [0.2, 0.25) is 5.02 Å². The van der Waals surface area contributed by atoms with Crippen molar-refractivity contribution in [3.8, 4) is 0 Å². The van der Waals surface area contributed by atoms with Gasteiger partial charge in [-0.25, -0.2) is 9.18 Å². The van der Waals surface area contributed by atoms with Crippen LogP contribution in [0.25, 0.3) is 0 Å². The van der Waals surface area contributed by atoms with Gasteiger partial charge in [0.15, 0.2) is 5.82 Å².